The number of hydrogen-bond acceptors (Lipinski definition) is 3. The molecule has 1 heterocycles. The molecule has 1 saturated carbocycles. The first-order valence-electron chi connectivity index (χ1n) is 9.53. The Labute approximate surface area is 155 Å². The van der Waals surface area contributed by atoms with Crippen LogP contribution in [0.1, 0.15) is 50.2 Å². The molecule has 1 aliphatic carbocycles. The minimum absolute atomic E-state index is 0.0245. The summed E-state index contributed by atoms with van der Waals surface area (Å²) in [6.07, 6.45) is 6.35. The molecule has 3 atom stereocenters. The molecule has 5 nitrogen and oxygen atoms in total. The van der Waals surface area contributed by atoms with Crippen LogP contribution in [0.25, 0.3) is 6.08 Å². The van der Waals surface area contributed by atoms with Gasteiger partial charge in [-0.25, -0.2) is 0 Å². The van der Waals surface area contributed by atoms with E-state index in [9.17, 15) is 14.7 Å². The Morgan fingerprint density at radius 1 is 1.23 bits per heavy atom. The highest BCUT2D eigenvalue weighted by Crippen LogP contribution is 2.41. The summed E-state index contributed by atoms with van der Waals surface area (Å²) in [6, 6.07) is 7.90. The van der Waals surface area contributed by atoms with E-state index in [-0.39, 0.29) is 42.3 Å². The summed E-state index contributed by atoms with van der Waals surface area (Å²) in [7, 11) is 0. The summed E-state index contributed by atoms with van der Waals surface area (Å²) in [5, 5.41) is 12.9. The van der Waals surface area contributed by atoms with Crippen molar-refractivity contribution in [2.45, 2.75) is 51.1 Å². The highest BCUT2D eigenvalue weighted by Gasteiger charge is 2.50. The molecule has 2 aliphatic rings. The van der Waals surface area contributed by atoms with E-state index < -0.39 is 0 Å². The van der Waals surface area contributed by atoms with Gasteiger partial charge in [0.25, 0.3) is 0 Å². The molecular weight excluding hydrogens is 328 g/mol. The number of nitrogens with one attached hydrogen (secondary N) is 1. The van der Waals surface area contributed by atoms with Gasteiger partial charge in [-0.2, -0.15) is 0 Å². The van der Waals surface area contributed by atoms with Gasteiger partial charge in [0.2, 0.25) is 11.8 Å². The first-order valence-corrected chi connectivity index (χ1v) is 9.53. The van der Waals surface area contributed by atoms with E-state index in [1.807, 2.05) is 38.1 Å². The largest absolute Gasteiger partial charge is 0.394 e. The Bertz CT molecular complexity index is 679. The number of amides is 2. The Morgan fingerprint density at radius 3 is 2.46 bits per heavy atom. The van der Waals surface area contributed by atoms with Crippen molar-refractivity contribution in [3.63, 3.8) is 0 Å². The summed E-state index contributed by atoms with van der Waals surface area (Å²) in [6.45, 7) is 4.18. The number of aliphatic hydroxyl groups is 1. The van der Waals surface area contributed by atoms with Crippen LogP contribution in [-0.4, -0.2) is 47.1 Å². The molecule has 1 saturated heterocycles. The lowest BCUT2D eigenvalue weighted by Crippen LogP contribution is -2.68. The number of carbonyl (C=O) groups is 2. The van der Waals surface area contributed by atoms with Gasteiger partial charge in [0.05, 0.1) is 18.7 Å². The van der Waals surface area contributed by atoms with Crippen molar-refractivity contribution in [1.29, 1.82) is 0 Å². The van der Waals surface area contributed by atoms with Crippen LogP contribution >= 0.6 is 0 Å². The molecule has 0 spiro atoms. The maximum absolute atomic E-state index is 12.4. The standard InChI is InChI=1S/C21H28N2O3/c1-3-5-14-6-8-15(9-7-14)20-17(12-22-21(26)16-10-11-16)23(18(20)13-24)19(25)4-2/h3,5-9,16-18,20,24H,4,10-13H2,1-2H3,(H,22,26)/b5-3+/t17-,18+,20+/m0/s1. The Kier molecular flexibility index (Phi) is 5.77. The second-order valence-electron chi connectivity index (χ2n) is 7.18. The maximum atomic E-state index is 12.4. The van der Waals surface area contributed by atoms with Crippen molar-refractivity contribution in [2.75, 3.05) is 13.2 Å². The molecule has 0 aromatic heterocycles. The Balaban J connectivity index is 1.78. The number of hydrogen-bond donors (Lipinski definition) is 2. The smallest absolute Gasteiger partial charge is 0.223 e. The third-order valence-corrected chi connectivity index (χ3v) is 5.44. The maximum Gasteiger partial charge on any atom is 0.223 e. The average Bonchev–Trinajstić information content (AvgIpc) is 3.47. The Morgan fingerprint density at radius 2 is 1.92 bits per heavy atom. The summed E-state index contributed by atoms with van der Waals surface area (Å²) in [4.78, 5) is 26.2. The van der Waals surface area contributed by atoms with Crippen LogP contribution in [0.2, 0.25) is 0 Å². The first kappa shape index (κ1) is 18.6. The van der Waals surface area contributed by atoms with Crippen LogP contribution in [-0.2, 0) is 9.59 Å². The van der Waals surface area contributed by atoms with Crippen molar-refractivity contribution in [1.82, 2.24) is 10.2 Å². The SMILES string of the molecule is C/C=C/c1ccc([C@H]2[C@@H](CO)N(C(=O)CC)[C@H]2CNC(=O)C2CC2)cc1. The molecule has 0 unspecified atom stereocenters. The van der Waals surface area contributed by atoms with Crippen molar-refractivity contribution in [3.8, 4) is 0 Å². The number of rotatable bonds is 7. The molecule has 2 fully saturated rings. The van der Waals surface area contributed by atoms with Crippen molar-refractivity contribution in [2.24, 2.45) is 5.92 Å². The molecule has 0 radical (unpaired) electrons. The molecular formula is C21H28N2O3. The van der Waals surface area contributed by atoms with Crippen LogP contribution in [0.3, 0.4) is 0 Å². The molecule has 1 aliphatic heterocycles. The molecule has 1 aromatic rings. The van der Waals surface area contributed by atoms with Gasteiger partial charge in [-0.1, -0.05) is 43.3 Å². The quantitative estimate of drug-likeness (QED) is 0.788. The van der Waals surface area contributed by atoms with E-state index in [2.05, 4.69) is 17.4 Å². The van der Waals surface area contributed by atoms with Gasteiger partial charge in [-0.05, 0) is 30.9 Å². The number of aliphatic hydroxyl groups excluding tert-OH is 1. The number of allylic oxidation sites excluding steroid dienone is 1. The van der Waals surface area contributed by atoms with Gasteiger partial charge in [0.1, 0.15) is 0 Å². The molecule has 2 N–H and O–H groups in total. The molecule has 3 rings (SSSR count). The highest BCUT2D eigenvalue weighted by molar-refractivity contribution is 5.81. The third kappa shape index (κ3) is 3.68. The van der Waals surface area contributed by atoms with Crippen molar-refractivity contribution < 1.29 is 14.7 Å². The third-order valence-electron chi connectivity index (χ3n) is 5.44. The number of likely N-dealkylation sites (tertiary alicyclic amines) is 1. The van der Waals surface area contributed by atoms with Gasteiger partial charge in [0.15, 0.2) is 0 Å². The van der Waals surface area contributed by atoms with Crippen molar-refractivity contribution >= 4 is 17.9 Å². The summed E-state index contributed by atoms with van der Waals surface area (Å²) in [5.74, 6) is 0.298. The van der Waals surface area contributed by atoms with E-state index in [0.717, 1.165) is 24.0 Å². The second-order valence-corrected chi connectivity index (χ2v) is 7.18. The van der Waals surface area contributed by atoms with Crippen molar-refractivity contribution in [3.05, 3.63) is 41.5 Å². The fourth-order valence-electron chi connectivity index (χ4n) is 3.89. The van der Waals surface area contributed by atoms with Gasteiger partial charge in [-0.3, -0.25) is 9.59 Å². The lowest BCUT2D eigenvalue weighted by Gasteiger charge is -2.55. The number of benzene rings is 1. The van der Waals surface area contributed by atoms with Gasteiger partial charge in [0, 0.05) is 24.8 Å². The first-order chi connectivity index (χ1) is 12.6. The average molecular weight is 356 g/mol. The summed E-state index contributed by atoms with van der Waals surface area (Å²) < 4.78 is 0. The molecule has 0 bridgehead atoms. The predicted octanol–water partition coefficient (Wildman–Crippen LogP) is 2.31. The fourth-order valence-corrected chi connectivity index (χ4v) is 3.89. The van der Waals surface area contributed by atoms with Crippen LogP contribution in [0.5, 0.6) is 0 Å². The van der Waals surface area contributed by atoms with Gasteiger partial charge >= 0.3 is 0 Å². The normalized spacial score (nSPS) is 25.2. The molecule has 5 heteroatoms. The topological polar surface area (TPSA) is 69.6 Å². The van der Waals surface area contributed by atoms with E-state index in [0.29, 0.717) is 13.0 Å². The van der Waals surface area contributed by atoms with E-state index >= 15 is 0 Å². The summed E-state index contributed by atoms with van der Waals surface area (Å²) >= 11 is 0. The van der Waals surface area contributed by atoms with E-state index in [1.54, 1.807) is 4.90 Å². The van der Waals surface area contributed by atoms with Crippen LogP contribution < -0.4 is 5.32 Å². The van der Waals surface area contributed by atoms with E-state index in [1.165, 1.54) is 0 Å². The highest BCUT2D eigenvalue weighted by atomic mass is 16.3. The van der Waals surface area contributed by atoms with E-state index in [4.69, 9.17) is 0 Å². The minimum atomic E-state index is -0.224. The lowest BCUT2D eigenvalue weighted by atomic mass is 9.74. The van der Waals surface area contributed by atoms with Crippen LogP contribution in [0, 0.1) is 5.92 Å². The number of nitrogens with zero attached hydrogens (tertiary/aromatic N) is 1. The predicted molar refractivity (Wildman–Crippen MR) is 101 cm³/mol. The van der Waals surface area contributed by atoms with Gasteiger partial charge in [-0.15, -0.1) is 0 Å². The zero-order chi connectivity index (χ0) is 18.7. The lowest BCUT2D eigenvalue weighted by molar-refractivity contribution is -0.150. The molecule has 26 heavy (non-hydrogen) atoms. The molecule has 140 valence electrons. The monoisotopic (exact) mass is 356 g/mol. The zero-order valence-corrected chi connectivity index (χ0v) is 15.5. The Hall–Kier alpha value is -2.14. The zero-order valence-electron chi connectivity index (χ0n) is 15.5. The van der Waals surface area contributed by atoms with Crippen LogP contribution in [0.4, 0.5) is 0 Å². The molecule has 1 aromatic carbocycles. The summed E-state index contributed by atoms with van der Waals surface area (Å²) in [5.41, 5.74) is 2.22. The number of carbonyl (C=O) groups excluding carboxylic acids is 2. The second kappa shape index (κ2) is 8.04. The minimum Gasteiger partial charge on any atom is -0.394 e. The van der Waals surface area contributed by atoms with Crippen LogP contribution in [0.15, 0.2) is 30.3 Å². The fraction of sp³-hybridized carbons (Fsp3) is 0.524. The molecule has 2 amide bonds. The van der Waals surface area contributed by atoms with Gasteiger partial charge < -0.3 is 15.3 Å².